The van der Waals surface area contributed by atoms with E-state index in [0.717, 1.165) is 28.2 Å². The van der Waals surface area contributed by atoms with Gasteiger partial charge < -0.3 is 5.32 Å². The van der Waals surface area contributed by atoms with Gasteiger partial charge in [0, 0.05) is 23.2 Å². The highest BCUT2D eigenvalue weighted by Gasteiger charge is 2.13. The molecule has 20 heavy (non-hydrogen) atoms. The molecule has 1 heterocycles. The van der Waals surface area contributed by atoms with E-state index in [1.807, 2.05) is 39.1 Å². The number of amides is 1. The van der Waals surface area contributed by atoms with E-state index in [1.165, 1.54) is 11.3 Å². The van der Waals surface area contributed by atoms with Crippen LogP contribution >= 0.6 is 11.3 Å². The lowest BCUT2D eigenvalue weighted by Crippen LogP contribution is -2.13. The second-order valence-electron chi connectivity index (χ2n) is 4.61. The van der Waals surface area contributed by atoms with Crippen LogP contribution in [0.3, 0.4) is 0 Å². The number of aromatic nitrogens is 1. The van der Waals surface area contributed by atoms with E-state index in [2.05, 4.69) is 22.5 Å². The number of hydrogen-bond donors (Lipinski definition) is 2. The van der Waals surface area contributed by atoms with Gasteiger partial charge in [-0.25, -0.2) is 4.98 Å². The van der Waals surface area contributed by atoms with Crippen molar-refractivity contribution in [2.45, 2.75) is 27.2 Å². The van der Waals surface area contributed by atoms with Crippen LogP contribution in [-0.2, 0) is 6.42 Å². The zero-order chi connectivity index (χ0) is 14.7. The topological polar surface area (TPSA) is 54.0 Å². The van der Waals surface area contributed by atoms with Crippen LogP contribution in [0.25, 0.3) is 0 Å². The SMILES string of the molecule is CCc1nc(NC(=O)c2ccc(NC)cc2C)sc1C. The third-order valence-electron chi connectivity index (χ3n) is 3.21. The van der Waals surface area contributed by atoms with Crippen LogP contribution in [0.2, 0.25) is 0 Å². The van der Waals surface area contributed by atoms with Crippen molar-refractivity contribution < 1.29 is 4.79 Å². The van der Waals surface area contributed by atoms with Gasteiger partial charge in [0.2, 0.25) is 0 Å². The molecule has 0 saturated carbocycles. The molecule has 0 fully saturated rings. The number of hydrogen-bond acceptors (Lipinski definition) is 4. The molecule has 0 unspecified atom stereocenters. The fourth-order valence-corrected chi connectivity index (χ4v) is 2.95. The largest absolute Gasteiger partial charge is 0.388 e. The van der Waals surface area contributed by atoms with Crippen LogP contribution in [-0.4, -0.2) is 17.9 Å². The maximum atomic E-state index is 12.3. The molecule has 0 aliphatic carbocycles. The number of carbonyl (C=O) groups excluding carboxylic acids is 1. The summed E-state index contributed by atoms with van der Waals surface area (Å²) in [7, 11) is 1.86. The predicted octanol–water partition coefficient (Wildman–Crippen LogP) is 3.62. The molecular formula is C15H19N3OS. The molecular weight excluding hydrogens is 270 g/mol. The Labute approximate surface area is 123 Å². The zero-order valence-corrected chi connectivity index (χ0v) is 13.0. The minimum atomic E-state index is -0.110. The maximum absolute atomic E-state index is 12.3. The Balaban J connectivity index is 2.19. The monoisotopic (exact) mass is 289 g/mol. The van der Waals surface area contributed by atoms with Gasteiger partial charge in [-0.3, -0.25) is 10.1 Å². The standard InChI is InChI=1S/C15H19N3OS/c1-5-13-10(3)20-15(17-13)18-14(19)12-7-6-11(16-4)8-9(12)2/h6-8,16H,5H2,1-4H3,(H,17,18,19). The van der Waals surface area contributed by atoms with Crippen molar-refractivity contribution in [3.8, 4) is 0 Å². The van der Waals surface area contributed by atoms with Crippen molar-refractivity contribution >= 4 is 28.1 Å². The summed E-state index contributed by atoms with van der Waals surface area (Å²) in [4.78, 5) is 17.9. The Morgan fingerprint density at radius 1 is 1.35 bits per heavy atom. The van der Waals surface area contributed by atoms with Crippen molar-refractivity contribution in [1.82, 2.24) is 4.98 Å². The summed E-state index contributed by atoms with van der Waals surface area (Å²) in [5.41, 5.74) is 3.67. The number of nitrogens with one attached hydrogen (secondary N) is 2. The molecule has 106 valence electrons. The van der Waals surface area contributed by atoms with Crippen molar-refractivity contribution in [1.29, 1.82) is 0 Å². The third kappa shape index (κ3) is 2.99. The van der Waals surface area contributed by atoms with Gasteiger partial charge >= 0.3 is 0 Å². The Hall–Kier alpha value is -1.88. The van der Waals surface area contributed by atoms with Crippen LogP contribution in [0.4, 0.5) is 10.8 Å². The lowest BCUT2D eigenvalue weighted by Gasteiger charge is -2.07. The molecule has 0 bridgehead atoms. The Bertz CT molecular complexity index is 634. The lowest BCUT2D eigenvalue weighted by molar-refractivity contribution is 0.102. The van der Waals surface area contributed by atoms with Gasteiger partial charge in [0.15, 0.2) is 5.13 Å². The van der Waals surface area contributed by atoms with Crippen LogP contribution in [0, 0.1) is 13.8 Å². The molecule has 0 aliphatic rings. The van der Waals surface area contributed by atoms with Gasteiger partial charge in [-0.1, -0.05) is 6.92 Å². The summed E-state index contributed by atoms with van der Waals surface area (Å²) in [5, 5.41) is 6.61. The first-order valence-corrected chi connectivity index (χ1v) is 7.42. The third-order valence-corrected chi connectivity index (χ3v) is 4.14. The normalized spacial score (nSPS) is 10.4. The van der Waals surface area contributed by atoms with Gasteiger partial charge in [0.05, 0.1) is 5.69 Å². The van der Waals surface area contributed by atoms with Crippen molar-refractivity contribution in [3.63, 3.8) is 0 Å². The van der Waals surface area contributed by atoms with Crippen LogP contribution in [0.1, 0.15) is 33.4 Å². The first-order valence-electron chi connectivity index (χ1n) is 6.61. The minimum absolute atomic E-state index is 0.110. The van der Waals surface area contributed by atoms with Gasteiger partial charge in [0.1, 0.15) is 0 Å². The molecule has 1 amide bonds. The second-order valence-corrected chi connectivity index (χ2v) is 5.81. The van der Waals surface area contributed by atoms with E-state index in [0.29, 0.717) is 10.7 Å². The molecule has 0 aliphatic heterocycles. The van der Waals surface area contributed by atoms with E-state index >= 15 is 0 Å². The fourth-order valence-electron chi connectivity index (χ4n) is 2.05. The Morgan fingerprint density at radius 2 is 2.10 bits per heavy atom. The summed E-state index contributed by atoms with van der Waals surface area (Å²) < 4.78 is 0. The molecule has 1 aromatic heterocycles. The van der Waals surface area contributed by atoms with Crippen LogP contribution in [0.5, 0.6) is 0 Å². The molecule has 2 rings (SSSR count). The van der Waals surface area contributed by atoms with E-state index in [-0.39, 0.29) is 5.91 Å². The number of benzene rings is 1. The van der Waals surface area contributed by atoms with E-state index in [4.69, 9.17) is 0 Å². The summed E-state index contributed by atoms with van der Waals surface area (Å²) in [6.45, 7) is 6.02. The van der Waals surface area contributed by atoms with E-state index in [9.17, 15) is 4.79 Å². The van der Waals surface area contributed by atoms with Crippen LogP contribution in [0.15, 0.2) is 18.2 Å². The fraction of sp³-hybridized carbons (Fsp3) is 0.333. The van der Waals surface area contributed by atoms with Gasteiger partial charge in [-0.15, -0.1) is 11.3 Å². The second kappa shape index (κ2) is 6.05. The first kappa shape index (κ1) is 14.5. The van der Waals surface area contributed by atoms with Crippen molar-refractivity contribution in [2.24, 2.45) is 0 Å². The summed E-state index contributed by atoms with van der Waals surface area (Å²) in [5.74, 6) is -0.110. The highest BCUT2D eigenvalue weighted by Crippen LogP contribution is 2.23. The maximum Gasteiger partial charge on any atom is 0.257 e. The van der Waals surface area contributed by atoms with Gasteiger partial charge in [0.25, 0.3) is 5.91 Å². The molecule has 0 radical (unpaired) electrons. The van der Waals surface area contributed by atoms with E-state index in [1.54, 1.807) is 0 Å². The molecule has 5 heteroatoms. The van der Waals surface area contributed by atoms with Crippen molar-refractivity contribution in [2.75, 3.05) is 17.7 Å². The Morgan fingerprint density at radius 3 is 2.65 bits per heavy atom. The number of nitrogens with zero attached hydrogens (tertiary/aromatic N) is 1. The average Bonchev–Trinajstić information content (AvgIpc) is 2.78. The smallest absolute Gasteiger partial charge is 0.257 e. The highest BCUT2D eigenvalue weighted by molar-refractivity contribution is 7.15. The molecule has 2 N–H and O–H groups in total. The number of thiazole rings is 1. The molecule has 4 nitrogen and oxygen atoms in total. The lowest BCUT2D eigenvalue weighted by atomic mass is 10.1. The number of anilines is 2. The zero-order valence-electron chi connectivity index (χ0n) is 12.2. The van der Waals surface area contributed by atoms with Crippen LogP contribution < -0.4 is 10.6 Å². The molecule has 0 atom stereocenters. The predicted molar refractivity (Wildman–Crippen MR) is 84.9 cm³/mol. The van der Waals surface area contributed by atoms with Gasteiger partial charge in [-0.2, -0.15) is 0 Å². The average molecular weight is 289 g/mol. The summed E-state index contributed by atoms with van der Waals surface area (Å²) >= 11 is 1.52. The molecule has 0 saturated heterocycles. The highest BCUT2D eigenvalue weighted by atomic mass is 32.1. The van der Waals surface area contributed by atoms with E-state index < -0.39 is 0 Å². The molecule has 1 aromatic carbocycles. The quantitative estimate of drug-likeness (QED) is 0.904. The molecule has 0 spiro atoms. The number of rotatable bonds is 4. The number of aryl methyl sites for hydroxylation is 3. The first-order chi connectivity index (χ1) is 9.55. The minimum Gasteiger partial charge on any atom is -0.388 e. The Kier molecular flexibility index (Phi) is 4.39. The summed E-state index contributed by atoms with van der Waals surface area (Å²) in [6.07, 6.45) is 0.883. The number of carbonyl (C=O) groups is 1. The van der Waals surface area contributed by atoms with Gasteiger partial charge in [-0.05, 0) is 44.0 Å². The summed E-state index contributed by atoms with van der Waals surface area (Å²) in [6, 6.07) is 5.68. The molecule has 2 aromatic rings. The van der Waals surface area contributed by atoms with Crippen molar-refractivity contribution in [3.05, 3.63) is 39.9 Å².